The second kappa shape index (κ2) is 9.72. The summed E-state index contributed by atoms with van der Waals surface area (Å²) < 4.78 is 5.48. The van der Waals surface area contributed by atoms with Crippen LogP contribution in [0.4, 0.5) is 5.69 Å². The molecule has 0 saturated heterocycles. The Morgan fingerprint density at radius 3 is 2.35 bits per heavy atom. The zero-order valence-corrected chi connectivity index (χ0v) is 18.9. The molecule has 0 aliphatic rings. The van der Waals surface area contributed by atoms with Crippen molar-refractivity contribution >= 4 is 46.0 Å². The van der Waals surface area contributed by atoms with Gasteiger partial charge in [0.2, 0.25) is 5.91 Å². The molecule has 1 aromatic heterocycles. The minimum atomic E-state index is -1.08. The number of primary amides is 1. The first-order chi connectivity index (χ1) is 16.3. The van der Waals surface area contributed by atoms with Crippen LogP contribution in [0.5, 0.6) is 0 Å². The molecule has 0 aliphatic carbocycles. The maximum atomic E-state index is 13.1. The first kappa shape index (κ1) is 22.9. The fourth-order valence-electron chi connectivity index (χ4n) is 3.39. The van der Waals surface area contributed by atoms with Gasteiger partial charge in [-0.3, -0.25) is 9.59 Å². The number of carbonyl (C=O) groups is 3. The van der Waals surface area contributed by atoms with Crippen molar-refractivity contribution in [2.24, 2.45) is 5.73 Å². The van der Waals surface area contributed by atoms with Crippen LogP contribution in [-0.2, 0) is 9.53 Å². The molecule has 3 aromatic carbocycles. The second-order valence-electron chi connectivity index (χ2n) is 7.53. The summed E-state index contributed by atoms with van der Waals surface area (Å²) in [6, 6.07) is 22.0. The van der Waals surface area contributed by atoms with Gasteiger partial charge in [-0.2, -0.15) is 0 Å². The van der Waals surface area contributed by atoms with E-state index in [0.717, 1.165) is 0 Å². The van der Waals surface area contributed by atoms with E-state index in [0.29, 0.717) is 38.4 Å². The standard InChI is InChI=1S/C26H20ClN3O4/c1-15(25(32)29-17-12-10-16(11-13-17)24(28)31)34-26(33)20-14-23(19-7-2-4-8-21(19)27)30-22-9-5-3-6-18(20)22/h2-15H,1H3,(H2,28,31)(H,29,32)/t15-/m0/s1. The van der Waals surface area contributed by atoms with E-state index in [1.807, 2.05) is 24.3 Å². The average Bonchev–Trinajstić information content (AvgIpc) is 2.83. The lowest BCUT2D eigenvalue weighted by Crippen LogP contribution is -2.30. The van der Waals surface area contributed by atoms with Crippen LogP contribution in [0.25, 0.3) is 22.2 Å². The molecule has 34 heavy (non-hydrogen) atoms. The van der Waals surface area contributed by atoms with Crippen LogP contribution in [0.3, 0.4) is 0 Å². The molecule has 4 rings (SSSR count). The highest BCUT2D eigenvalue weighted by atomic mass is 35.5. The van der Waals surface area contributed by atoms with Gasteiger partial charge in [-0.15, -0.1) is 0 Å². The number of aromatic nitrogens is 1. The van der Waals surface area contributed by atoms with Crippen molar-refractivity contribution in [3.05, 3.63) is 95.0 Å². The van der Waals surface area contributed by atoms with Gasteiger partial charge >= 0.3 is 5.97 Å². The molecule has 4 aromatic rings. The van der Waals surface area contributed by atoms with E-state index < -0.39 is 23.9 Å². The number of fused-ring (bicyclic) bond motifs is 1. The summed E-state index contributed by atoms with van der Waals surface area (Å²) in [5, 5.41) is 3.74. The van der Waals surface area contributed by atoms with E-state index in [4.69, 9.17) is 22.1 Å². The Morgan fingerprint density at radius 2 is 1.65 bits per heavy atom. The van der Waals surface area contributed by atoms with Crippen LogP contribution in [0.15, 0.2) is 78.9 Å². The number of esters is 1. The molecular formula is C26H20ClN3O4. The van der Waals surface area contributed by atoms with E-state index in [1.165, 1.54) is 19.1 Å². The molecule has 8 heteroatoms. The Labute approximate surface area is 200 Å². The number of nitrogens with one attached hydrogen (secondary N) is 1. The zero-order valence-electron chi connectivity index (χ0n) is 18.1. The number of nitrogens with zero attached hydrogens (tertiary/aromatic N) is 1. The second-order valence-corrected chi connectivity index (χ2v) is 7.94. The number of benzene rings is 3. The predicted octanol–water partition coefficient (Wildman–Crippen LogP) is 4.84. The predicted molar refractivity (Wildman–Crippen MR) is 131 cm³/mol. The van der Waals surface area contributed by atoms with Crippen LogP contribution in [0.2, 0.25) is 5.02 Å². The summed E-state index contributed by atoms with van der Waals surface area (Å²) in [7, 11) is 0. The van der Waals surface area contributed by atoms with Gasteiger partial charge in [0.15, 0.2) is 6.10 Å². The number of para-hydroxylation sites is 1. The molecule has 0 fully saturated rings. The van der Waals surface area contributed by atoms with Crippen LogP contribution < -0.4 is 11.1 Å². The zero-order chi connectivity index (χ0) is 24.2. The highest BCUT2D eigenvalue weighted by Crippen LogP contribution is 2.30. The number of hydrogen-bond acceptors (Lipinski definition) is 5. The van der Waals surface area contributed by atoms with Gasteiger partial charge in [-0.1, -0.05) is 48.0 Å². The Bertz CT molecular complexity index is 1400. The lowest BCUT2D eigenvalue weighted by molar-refractivity contribution is -0.123. The lowest BCUT2D eigenvalue weighted by atomic mass is 10.0. The Morgan fingerprint density at radius 1 is 0.971 bits per heavy atom. The molecule has 1 atom stereocenters. The number of ether oxygens (including phenoxy) is 1. The third-order valence-corrected chi connectivity index (χ3v) is 5.51. The molecule has 0 bridgehead atoms. The van der Waals surface area contributed by atoms with Crippen molar-refractivity contribution in [1.82, 2.24) is 4.98 Å². The molecule has 7 nitrogen and oxygen atoms in total. The Balaban J connectivity index is 1.58. The van der Waals surface area contributed by atoms with Crippen molar-refractivity contribution in [2.75, 3.05) is 5.32 Å². The van der Waals surface area contributed by atoms with Crippen molar-refractivity contribution in [3.8, 4) is 11.3 Å². The van der Waals surface area contributed by atoms with Gasteiger partial charge < -0.3 is 15.8 Å². The smallest absolute Gasteiger partial charge is 0.339 e. The summed E-state index contributed by atoms with van der Waals surface area (Å²) in [5.41, 5.74) is 8.03. The van der Waals surface area contributed by atoms with E-state index in [9.17, 15) is 14.4 Å². The topological polar surface area (TPSA) is 111 Å². The molecule has 170 valence electrons. The van der Waals surface area contributed by atoms with Gasteiger partial charge in [0.1, 0.15) is 0 Å². The highest BCUT2D eigenvalue weighted by Gasteiger charge is 2.22. The van der Waals surface area contributed by atoms with Gasteiger partial charge in [-0.25, -0.2) is 9.78 Å². The lowest BCUT2D eigenvalue weighted by Gasteiger charge is -2.15. The summed E-state index contributed by atoms with van der Waals surface area (Å²) in [5.74, 6) is -1.76. The average molecular weight is 474 g/mol. The van der Waals surface area contributed by atoms with Crippen LogP contribution in [0, 0.1) is 0 Å². The van der Waals surface area contributed by atoms with E-state index in [-0.39, 0.29) is 5.56 Å². The fraction of sp³-hybridized carbons (Fsp3) is 0.0769. The number of hydrogen-bond donors (Lipinski definition) is 2. The molecule has 0 radical (unpaired) electrons. The number of amides is 2. The van der Waals surface area contributed by atoms with Crippen LogP contribution in [-0.4, -0.2) is 28.9 Å². The molecule has 3 N–H and O–H groups in total. The quantitative estimate of drug-likeness (QED) is 0.389. The van der Waals surface area contributed by atoms with Gasteiger partial charge in [0.25, 0.3) is 5.91 Å². The molecule has 0 saturated carbocycles. The first-order valence-electron chi connectivity index (χ1n) is 10.4. The van der Waals surface area contributed by atoms with E-state index in [1.54, 1.807) is 42.5 Å². The largest absolute Gasteiger partial charge is 0.449 e. The summed E-state index contributed by atoms with van der Waals surface area (Å²) in [4.78, 5) is 41.5. The third-order valence-electron chi connectivity index (χ3n) is 5.18. The first-order valence-corrected chi connectivity index (χ1v) is 10.8. The highest BCUT2D eigenvalue weighted by molar-refractivity contribution is 6.33. The van der Waals surface area contributed by atoms with Gasteiger partial charge in [0, 0.05) is 27.2 Å². The summed E-state index contributed by atoms with van der Waals surface area (Å²) in [6.07, 6.45) is -1.08. The normalized spacial score (nSPS) is 11.6. The summed E-state index contributed by atoms with van der Waals surface area (Å²) >= 11 is 6.34. The summed E-state index contributed by atoms with van der Waals surface area (Å²) in [6.45, 7) is 1.48. The minimum absolute atomic E-state index is 0.269. The van der Waals surface area contributed by atoms with Crippen molar-refractivity contribution in [1.29, 1.82) is 0 Å². The molecule has 2 amide bonds. The number of rotatable bonds is 6. The fourth-order valence-corrected chi connectivity index (χ4v) is 3.62. The number of nitrogens with two attached hydrogens (primary N) is 1. The van der Waals surface area contributed by atoms with Crippen molar-refractivity contribution in [2.45, 2.75) is 13.0 Å². The minimum Gasteiger partial charge on any atom is -0.449 e. The Kier molecular flexibility index (Phi) is 6.56. The van der Waals surface area contributed by atoms with E-state index in [2.05, 4.69) is 10.3 Å². The van der Waals surface area contributed by atoms with Crippen molar-refractivity contribution in [3.63, 3.8) is 0 Å². The maximum absolute atomic E-state index is 13.1. The van der Waals surface area contributed by atoms with Gasteiger partial charge in [-0.05, 0) is 49.4 Å². The van der Waals surface area contributed by atoms with Gasteiger partial charge in [0.05, 0.1) is 16.8 Å². The molecular weight excluding hydrogens is 454 g/mol. The van der Waals surface area contributed by atoms with Crippen LogP contribution in [0.1, 0.15) is 27.6 Å². The van der Waals surface area contributed by atoms with Crippen LogP contribution >= 0.6 is 11.6 Å². The molecule has 0 unspecified atom stereocenters. The SMILES string of the molecule is C[C@H](OC(=O)c1cc(-c2ccccc2Cl)nc2ccccc12)C(=O)Nc1ccc(C(N)=O)cc1. The molecule has 1 heterocycles. The number of pyridine rings is 1. The van der Waals surface area contributed by atoms with Crippen molar-refractivity contribution < 1.29 is 19.1 Å². The Hall–Kier alpha value is -4.23. The number of anilines is 1. The van der Waals surface area contributed by atoms with E-state index >= 15 is 0 Å². The third kappa shape index (κ3) is 4.89. The monoisotopic (exact) mass is 473 g/mol. The number of carbonyl (C=O) groups excluding carboxylic acids is 3. The molecule has 0 spiro atoms. The molecule has 0 aliphatic heterocycles. The number of halogens is 1. The maximum Gasteiger partial charge on any atom is 0.339 e.